The number of rotatable bonds is 7. The van der Waals surface area contributed by atoms with Gasteiger partial charge in [-0.2, -0.15) is 0 Å². The highest BCUT2D eigenvalue weighted by Gasteiger charge is 2.47. The second kappa shape index (κ2) is 11.4. The topological polar surface area (TPSA) is 85.0 Å². The molecular formula is C31H41N5O3. The summed E-state index contributed by atoms with van der Waals surface area (Å²) in [5.74, 6) is 0.0927. The Hall–Kier alpha value is -3.39. The maximum absolute atomic E-state index is 13.8. The summed E-state index contributed by atoms with van der Waals surface area (Å²) in [5, 5.41) is 6.36. The fourth-order valence-corrected chi connectivity index (χ4v) is 6.27. The lowest BCUT2D eigenvalue weighted by molar-refractivity contribution is -0.134. The molecule has 0 saturated carbocycles. The number of nitrogens with one attached hydrogen (secondary N) is 2. The van der Waals surface area contributed by atoms with Crippen molar-refractivity contribution in [2.45, 2.75) is 69.5 Å². The van der Waals surface area contributed by atoms with E-state index < -0.39 is 11.5 Å². The highest BCUT2D eigenvalue weighted by atomic mass is 16.2. The van der Waals surface area contributed by atoms with Gasteiger partial charge >= 0.3 is 6.03 Å². The van der Waals surface area contributed by atoms with Gasteiger partial charge in [-0.15, -0.1) is 0 Å². The normalized spacial score (nSPS) is 21.5. The number of carbonyl (C=O) groups is 3. The summed E-state index contributed by atoms with van der Waals surface area (Å²) >= 11 is 0. The molecule has 8 heteroatoms. The Bertz CT molecular complexity index is 1190. The molecular weight excluding hydrogens is 490 g/mol. The fourth-order valence-electron chi connectivity index (χ4n) is 6.27. The molecule has 5 rings (SSSR count). The van der Waals surface area contributed by atoms with Crippen LogP contribution in [0.2, 0.25) is 0 Å². The van der Waals surface area contributed by atoms with Crippen LogP contribution in [0, 0.1) is 0 Å². The summed E-state index contributed by atoms with van der Waals surface area (Å²) in [6.07, 6.45) is 3.59. The van der Waals surface area contributed by atoms with Crippen LogP contribution in [0.25, 0.3) is 0 Å². The number of anilines is 1. The molecule has 2 fully saturated rings. The highest BCUT2D eigenvalue weighted by Crippen LogP contribution is 2.43. The van der Waals surface area contributed by atoms with Crippen LogP contribution in [0.5, 0.6) is 0 Å². The number of nitrogens with zero attached hydrogens (tertiary/aromatic N) is 3. The van der Waals surface area contributed by atoms with E-state index in [4.69, 9.17) is 0 Å². The SMILES string of the molecule is CN(C(=O)N[C@@H](CCc1ccccc1)C(=O)N1CCC(N2C(=O)C(C)(C)c3ccccc32)CC1)[C@@H]1CCNC1. The van der Waals surface area contributed by atoms with Crippen LogP contribution in [0.15, 0.2) is 54.6 Å². The van der Waals surface area contributed by atoms with E-state index in [0.29, 0.717) is 25.9 Å². The average Bonchev–Trinajstić information content (AvgIpc) is 3.56. The van der Waals surface area contributed by atoms with Gasteiger partial charge in [0.05, 0.1) is 5.41 Å². The van der Waals surface area contributed by atoms with Crippen molar-refractivity contribution in [3.05, 3.63) is 65.7 Å². The number of hydrogen-bond acceptors (Lipinski definition) is 4. The number of benzene rings is 2. The molecule has 0 unspecified atom stereocenters. The highest BCUT2D eigenvalue weighted by molar-refractivity contribution is 6.08. The van der Waals surface area contributed by atoms with Crippen molar-refractivity contribution >= 4 is 23.5 Å². The number of likely N-dealkylation sites (N-methyl/N-ethyl adjacent to an activating group) is 1. The quantitative estimate of drug-likeness (QED) is 0.574. The Morgan fingerprint density at radius 3 is 2.44 bits per heavy atom. The van der Waals surface area contributed by atoms with Gasteiger partial charge in [0.2, 0.25) is 11.8 Å². The molecule has 2 aromatic carbocycles. The molecule has 0 radical (unpaired) electrons. The van der Waals surface area contributed by atoms with Gasteiger partial charge in [0.15, 0.2) is 0 Å². The predicted molar refractivity (Wildman–Crippen MR) is 153 cm³/mol. The number of hydrogen-bond donors (Lipinski definition) is 2. The van der Waals surface area contributed by atoms with Crippen molar-refractivity contribution < 1.29 is 14.4 Å². The smallest absolute Gasteiger partial charge is 0.318 e. The van der Waals surface area contributed by atoms with Crippen molar-refractivity contribution in [1.82, 2.24) is 20.4 Å². The third kappa shape index (κ3) is 5.53. The number of amides is 4. The Morgan fingerprint density at radius 1 is 1.05 bits per heavy atom. The van der Waals surface area contributed by atoms with Gasteiger partial charge in [0.25, 0.3) is 0 Å². The summed E-state index contributed by atoms with van der Waals surface area (Å²) in [4.78, 5) is 45.9. The average molecular weight is 532 g/mol. The zero-order valence-corrected chi connectivity index (χ0v) is 23.4. The molecule has 2 atom stereocenters. The summed E-state index contributed by atoms with van der Waals surface area (Å²) in [5.41, 5.74) is 2.66. The molecule has 0 aromatic heterocycles. The molecule has 0 aliphatic carbocycles. The van der Waals surface area contributed by atoms with Crippen molar-refractivity contribution in [3.8, 4) is 0 Å². The van der Waals surface area contributed by atoms with Crippen LogP contribution in [-0.4, -0.2) is 79.0 Å². The van der Waals surface area contributed by atoms with Gasteiger partial charge in [-0.3, -0.25) is 9.59 Å². The van der Waals surface area contributed by atoms with Gasteiger partial charge in [0, 0.05) is 44.5 Å². The first-order valence-corrected chi connectivity index (χ1v) is 14.3. The Kier molecular flexibility index (Phi) is 7.93. The summed E-state index contributed by atoms with van der Waals surface area (Å²) in [7, 11) is 1.81. The minimum absolute atomic E-state index is 0.0378. The number of likely N-dealkylation sites (tertiary alicyclic amines) is 1. The second-order valence-electron chi connectivity index (χ2n) is 11.7. The molecule has 4 amide bonds. The summed E-state index contributed by atoms with van der Waals surface area (Å²) in [6, 6.07) is 17.5. The van der Waals surface area contributed by atoms with Gasteiger partial charge in [0.1, 0.15) is 6.04 Å². The summed E-state index contributed by atoms with van der Waals surface area (Å²) < 4.78 is 0. The Morgan fingerprint density at radius 2 is 1.74 bits per heavy atom. The fraction of sp³-hybridized carbons (Fsp3) is 0.516. The number of para-hydroxylation sites is 1. The van der Waals surface area contributed by atoms with Crippen LogP contribution in [-0.2, 0) is 21.4 Å². The maximum Gasteiger partial charge on any atom is 0.318 e. The molecule has 2 N–H and O–H groups in total. The molecule has 0 bridgehead atoms. The Labute approximate surface area is 231 Å². The number of carbonyl (C=O) groups excluding carboxylic acids is 3. The minimum atomic E-state index is -0.598. The molecule has 39 heavy (non-hydrogen) atoms. The van der Waals surface area contributed by atoms with Crippen molar-refractivity contribution in [3.63, 3.8) is 0 Å². The van der Waals surface area contributed by atoms with E-state index in [9.17, 15) is 14.4 Å². The lowest BCUT2D eigenvalue weighted by Gasteiger charge is -2.39. The van der Waals surface area contributed by atoms with E-state index in [-0.39, 0.29) is 29.9 Å². The van der Waals surface area contributed by atoms with E-state index >= 15 is 0 Å². The third-order valence-corrected chi connectivity index (χ3v) is 8.79. The molecule has 2 saturated heterocycles. The number of fused-ring (bicyclic) bond motifs is 1. The maximum atomic E-state index is 13.8. The molecule has 0 spiro atoms. The lowest BCUT2D eigenvalue weighted by atomic mass is 9.86. The largest absolute Gasteiger partial charge is 0.341 e. The lowest BCUT2D eigenvalue weighted by Crippen LogP contribution is -2.56. The van der Waals surface area contributed by atoms with Crippen molar-refractivity contribution in [1.29, 1.82) is 0 Å². The van der Waals surface area contributed by atoms with E-state index in [1.807, 2.05) is 73.2 Å². The van der Waals surface area contributed by atoms with Gasteiger partial charge in [-0.05, 0) is 69.7 Å². The van der Waals surface area contributed by atoms with Crippen LogP contribution in [0.1, 0.15) is 50.7 Å². The second-order valence-corrected chi connectivity index (χ2v) is 11.7. The van der Waals surface area contributed by atoms with E-state index in [1.165, 1.54) is 0 Å². The van der Waals surface area contributed by atoms with E-state index in [1.54, 1.807) is 4.90 Å². The van der Waals surface area contributed by atoms with Crippen LogP contribution < -0.4 is 15.5 Å². The molecule has 2 aromatic rings. The molecule has 3 aliphatic rings. The van der Waals surface area contributed by atoms with Crippen molar-refractivity contribution in [2.24, 2.45) is 0 Å². The monoisotopic (exact) mass is 531 g/mol. The molecule has 8 nitrogen and oxygen atoms in total. The van der Waals surface area contributed by atoms with E-state index in [2.05, 4.69) is 22.8 Å². The summed E-state index contributed by atoms with van der Waals surface area (Å²) in [6.45, 7) is 6.78. The first kappa shape index (κ1) is 27.2. The molecule has 3 aliphatic heterocycles. The first-order valence-electron chi connectivity index (χ1n) is 14.3. The van der Waals surface area contributed by atoms with Gasteiger partial charge < -0.3 is 25.3 Å². The third-order valence-electron chi connectivity index (χ3n) is 8.79. The minimum Gasteiger partial charge on any atom is -0.341 e. The number of urea groups is 1. The predicted octanol–water partition coefficient (Wildman–Crippen LogP) is 3.31. The van der Waals surface area contributed by atoms with Crippen LogP contribution in [0.3, 0.4) is 0 Å². The molecule has 3 heterocycles. The first-order chi connectivity index (χ1) is 18.8. The van der Waals surface area contributed by atoms with Crippen LogP contribution in [0.4, 0.5) is 10.5 Å². The Balaban J connectivity index is 1.25. The number of piperidine rings is 1. The van der Waals surface area contributed by atoms with E-state index in [0.717, 1.165) is 49.2 Å². The number of aryl methyl sites for hydroxylation is 1. The van der Waals surface area contributed by atoms with Crippen LogP contribution >= 0.6 is 0 Å². The molecule has 208 valence electrons. The van der Waals surface area contributed by atoms with Gasteiger partial charge in [-0.1, -0.05) is 48.5 Å². The van der Waals surface area contributed by atoms with Gasteiger partial charge in [-0.25, -0.2) is 4.79 Å². The zero-order chi connectivity index (χ0) is 27.6. The van der Waals surface area contributed by atoms with Crippen molar-refractivity contribution in [2.75, 3.05) is 38.1 Å². The standard InChI is InChI=1S/C31H41N5O3/c1-31(2)25-11-7-8-12-27(25)36(29(31)38)23-16-19-35(20-17-23)28(37)26(14-13-22-9-5-4-6-10-22)33-30(39)34(3)24-15-18-32-21-24/h4-12,23-24,26,32H,13-21H2,1-3H3,(H,33,39)/t24-,26+/m1/s1. The zero-order valence-electron chi connectivity index (χ0n) is 23.4.